The summed E-state index contributed by atoms with van der Waals surface area (Å²) >= 11 is 0. The Balaban J connectivity index is 1.59. The highest BCUT2D eigenvalue weighted by Gasteiger charge is 2.36. The lowest BCUT2D eigenvalue weighted by Crippen LogP contribution is -2.45. The minimum absolute atomic E-state index is 0.0828. The number of rotatable bonds is 3. The van der Waals surface area contributed by atoms with Crippen molar-refractivity contribution in [1.29, 1.82) is 0 Å². The van der Waals surface area contributed by atoms with Crippen LogP contribution in [0.2, 0.25) is 0 Å². The number of likely N-dealkylation sites (tertiary alicyclic amines) is 1. The summed E-state index contributed by atoms with van der Waals surface area (Å²) in [5.74, 6) is -0.183. The van der Waals surface area contributed by atoms with Gasteiger partial charge in [0.15, 0.2) is 0 Å². The van der Waals surface area contributed by atoms with Crippen LogP contribution in [-0.4, -0.2) is 46.9 Å². The number of carbonyl (C=O) groups is 1. The minimum Gasteiger partial charge on any atom is -0.356 e. The Bertz CT molecular complexity index is 1020. The maximum absolute atomic E-state index is 14.8. The van der Waals surface area contributed by atoms with E-state index in [0.29, 0.717) is 18.7 Å². The molecule has 1 saturated heterocycles. The highest BCUT2D eigenvalue weighted by molar-refractivity contribution is 5.87. The predicted octanol–water partition coefficient (Wildman–Crippen LogP) is 3.88. The zero-order valence-corrected chi connectivity index (χ0v) is 15.8. The van der Waals surface area contributed by atoms with Crippen LogP contribution in [0.1, 0.15) is 35.7 Å². The summed E-state index contributed by atoms with van der Waals surface area (Å²) in [7, 11) is 0. The Labute approximate surface area is 163 Å². The molecular formula is C23H24FN3O. The van der Waals surface area contributed by atoms with Crippen LogP contribution in [0, 0.1) is 5.82 Å². The van der Waals surface area contributed by atoms with Crippen molar-refractivity contribution in [3.63, 3.8) is 0 Å². The van der Waals surface area contributed by atoms with Gasteiger partial charge in [0, 0.05) is 28.7 Å². The largest absolute Gasteiger partial charge is 0.356 e. The van der Waals surface area contributed by atoms with Crippen molar-refractivity contribution in [3.05, 3.63) is 71.2 Å². The Morgan fingerprint density at radius 1 is 1.04 bits per heavy atom. The number of aromatic nitrogens is 1. The lowest BCUT2D eigenvalue weighted by Gasteiger charge is -2.37. The van der Waals surface area contributed by atoms with Gasteiger partial charge in [0.05, 0.1) is 6.54 Å². The van der Waals surface area contributed by atoms with Gasteiger partial charge in [-0.25, -0.2) is 4.39 Å². The van der Waals surface area contributed by atoms with E-state index in [4.69, 9.17) is 0 Å². The van der Waals surface area contributed by atoms with E-state index in [9.17, 15) is 9.18 Å². The van der Waals surface area contributed by atoms with Crippen molar-refractivity contribution >= 4 is 16.8 Å². The number of fused-ring (bicyclic) bond motifs is 3. The molecule has 2 aliphatic rings. The first kappa shape index (κ1) is 17.4. The number of H-pyrrole nitrogens is 1. The Morgan fingerprint density at radius 2 is 1.79 bits per heavy atom. The fraction of sp³-hybridized carbons (Fsp3) is 0.348. The van der Waals surface area contributed by atoms with Crippen LogP contribution in [0.3, 0.4) is 0 Å². The third-order valence-corrected chi connectivity index (χ3v) is 6.11. The molecule has 1 N–H and O–H groups in total. The molecule has 0 bridgehead atoms. The summed E-state index contributed by atoms with van der Waals surface area (Å²) in [5.41, 5.74) is 3.76. The molecular weight excluding hydrogens is 353 g/mol. The summed E-state index contributed by atoms with van der Waals surface area (Å²) < 4.78 is 14.8. The molecule has 5 heteroatoms. The fourth-order valence-electron chi connectivity index (χ4n) is 4.75. The second-order valence-electron chi connectivity index (χ2n) is 7.81. The molecule has 1 amide bonds. The van der Waals surface area contributed by atoms with Gasteiger partial charge in [0.25, 0.3) is 0 Å². The van der Waals surface area contributed by atoms with E-state index in [1.807, 2.05) is 29.2 Å². The summed E-state index contributed by atoms with van der Waals surface area (Å²) in [5, 5.41) is 1.17. The molecule has 0 radical (unpaired) electrons. The van der Waals surface area contributed by atoms with Crippen molar-refractivity contribution in [1.82, 2.24) is 14.8 Å². The first-order valence-electron chi connectivity index (χ1n) is 10.1. The van der Waals surface area contributed by atoms with Crippen molar-refractivity contribution in [3.8, 4) is 0 Å². The summed E-state index contributed by atoms with van der Waals surface area (Å²) in [4.78, 5) is 20.8. The fourth-order valence-corrected chi connectivity index (χ4v) is 4.75. The maximum Gasteiger partial charge on any atom is 0.237 e. The number of nitrogens with one attached hydrogen (secondary N) is 1. The third kappa shape index (κ3) is 2.90. The normalized spacial score (nSPS) is 19.9. The first-order valence-corrected chi connectivity index (χ1v) is 10.1. The molecule has 2 aromatic carbocycles. The topological polar surface area (TPSA) is 39.3 Å². The van der Waals surface area contributed by atoms with Crippen LogP contribution >= 0.6 is 0 Å². The van der Waals surface area contributed by atoms with Crippen LogP contribution in [-0.2, 0) is 11.2 Å². The number of carbonyl (C=O) groups excluding carboxylic acids is 1. The molecule has 28 heavy (non-hydrogen) atoms. The van der Waals surface area contributed by atoms with Gasteiger partial charge < -0.3 is 9.88 Å². The molecule has 5 rings (SSSR count). The number of benzene rings is 2. The van der Waals surface area contributed by atoms with Crippen LogP contribution < -0.4 is 0 Å². The highest BCUT2D eigenvalue weighted by Crippen LogP contribution is 2.39. The number of halogens is 1. The quantitative estimate of drug-likeness (QED) is 0.752. The molecule has 3 aromatic rings. The number of para-hydroxylation sites is 1. The molecule has 0 spiro atoms. The minimum atomic E-state index is -0.410. The SMILES string of the molecule is O=C(CN1CCCC1)N1CCc2c([nH]c3ccccc23)[C@@H]1c1ccccc1F. The zero-order chi connectivity index (χ0) is 19.1. The van der Waals surface area contributed by atoms with Gasteiger partial charge in [-0.1, -0.05) is 36.4 Å². The molecule has 0 unspecified atom stereocenters. The Morgan fingerprint density at radius 3 is 2.61 bits per heavy atom. The average molecular weight is 377 g/mol. The molecule has 1 fully saturated rings. The van der Waals surface area contributed by atoms with Gasteiger partial charge >= 0.3 is 0 Å². The highest BCUT2D eigenvalue weighted by atomic mass is 19.1. The third-order valence-electron chi connectivity index (χ3n) is 6.11. The molecule has 0 saturated carbocycles. The van der Waals surface area contributed by atoms with Crippen molar-refractivity contribution < 1.29 is 9.18 Å². The van der Waals surface area contributed by atoms with E-state index in [0.717, 1.165) is 43.6 Å². The van der Waals surface area contributed by atoms with E-state index >= 15 is 0 Å². The molecule has 1 atom stereocenters. The van der Waals surface area contributed by atoms with E-state index in [1.54, 1.807) is 12.1 Å². The first-order chi connectivity index (χ1) is 13.7. The van der Waals surface area contributed by atoms with Crippen molar-refractivity contribution in [2.24, 2.45) is 0 Å². The molecule has 144 valence electrons. The van der Waals surface area contributed by atoms with Gasteiger partial charge in [-0.3, -0.25) is 9.69 Å². The summed E-state index contributed by atoms with van der Waals surface area (Å²) in [6, 6.07) is 14.6. The number of aromatic amines is 1. The number of hydrogen-bond donors (Lipinski definition) is 1. The van der Waals surface area contributed by atoms with Crippen LogP contribution in [0.4, 0.5) is 4.39 Å². The molecule has 4 nitrogen and oxygen atoms in total. The lowest BCUT2D eigenvalue weighted by atomic mass is 9.92. The van der Waals surface area contributed by atoms with Crippen LogP contribution in [0.15, 0.2) is 48.5 Å². The molecule has 0 aliphatic carbocycles. The van der Waals surface area contributed by atoms with E-state index in [-0.39, 0.29) is 11.7 Å². The molecule has 2 aliphatic heterocycles. The second-order valence-corrected chi connectivity index (χ2v) is 7.81. The van der Waals surface area contributed by atoms with Gasteiger partial charge in [-0.05, 0) is 50.0 Å². The predicted molar refractivity (Wildman–Crippen MR) is 108 cm³/mol. The van der Waals surface area contributed by atoms with Gasteiger partial charge in [-0.2, -0.15) is 0 Å². The summed E-state index contributed by atoms with van der Waals surface area (Å²) in [6.07, 6.45) is 3.09. The zero-order valence-electron chi connectivity index (χ0n) is 15.8. The molecule has 3 heterocycles. The lowest BCUT2D eigenvalue weighted by molar-refractivity contribution is -0.134. The van der Waals surface area contributed by atoms with Crippen LogP contribution in [0.5, 0.6) is 0 Å². The Hall–Kier alpha value is -2.66. The van der Waals surface area contributed by atoms with Gasteiger partial charge in [-0.15, -0.1) is 0 Å². The van der Waals surface area contributed by atoms with Crippen molar-refractivity contribution in [2.45, 2.75) is 25.3 Å². The number of amides is 1. The van der Waals surface area contributed by atoms with Gasteiger partial charge in [0.1, 0.15) is 11.9 Å². The maximum atomic E-state index is 14.8. The van der Waals surface area contributed by atoms with E-state index in [1.165, 1.54) is 17.0 Å². The van der Waals surface area contributed by atoms with Gasteiger partial charge in [0.2, 0.25) is 5.91 Å². The number of nitrogens with zero attached hydrogens (tertiary/aromatic N) is 2. The standard InChI is InChI=1S/C23H24FN3O/c24-19-9-3-1-8-18(19)23-22-17(16-7-2-4-10-20(16)25-22)11-14-27(23)21(28)15-26-12-5-6-13-26/h1-4,7-10,23,25H,5-6,11-15H2/t23-/m0/s1. The van der Waals surface area contributed by atoms with Crippen molar-refractivity contribution in [2.75, 3.05) is 26.2 Å². The van der Waals surface area contributed by atoms with Crippen LogP contribution in [0.25, 0.3) is 10.9 Å². The van der Waals surface area contributed by atoms with E-state index < -0.39 is 6.04 Å². The van der Waals surface area contributed by atoms with E-state index in [2.05, 4.69) is 16.0 Å². The smallest absolute Gasteiger partial charge is 0.237 e. The Kier molecular flexibility index (Phi) is 4.40. The molecule has 1 aromatic heterocycles. The average Bonchev–Trinajstić information content (AvgIpc) is 3.35. The second kappa shape index (κ2) is 7.06. The number of hydrogen-bond acceptors (Lipinski definition) is 2. The summed E-state index contributed by atoms with van der Waals surface area (Å²) in [6.45, 7) is 2.98. The monoisotopic (exact) mass is 377 g/mol.